The Morgan fingerprint density at radius 1 is 1.00 bits per heavy atom. The Labute approximate surface area is 142 Å². The quantitative estimate of drug-likeness (QED) is 0.566. The first kappa shape index (κ1) is 17.5. The fourth-order valence-electron chi connectivity index (χ4n) is 5.14. The molecule has 0 bridgehead atoms. The molecule has 132 valence electrons. The van der Waals surface area contributed by atoms with Crippen LogP contribution in [-0.4, -0.2) is 12.7 Å². The monoisotopic (exact) mass is 322 g/mol. The van der Waals surface area contributed by atoms with Crippen LogP contribution in [0.25, 0.3) is 0 Å². The summed E-state index contributed by atoms with van der Waals surface area (Å²) in [5, 5.41) is 0. The van der Waals surface area contributed by atoms with Gasteiger partial charge in [0, 0.05) is 0 Å². The first-order valence-electron chi connectivity index (χ1n) is 10.2. The van der Waals surface area contributed by atoms with Crippen LogP contribution in [0.4, 0.5) is 4.39 Å². The molecule has 0 aromatic rings. The van der Waals surface area contributed by atoms with E-state index in [-0.39, 0.29) is 5.83 Å². The van der Waals surface area contributed by atoms with Gasteiger partial charge in [-0.1, -0.05) is 45.1 Å². The van der Waals surface area contributed by atoms with E-state index in [1.807, 2.05) is 0 Å². The molecule has 0 aromatic heterocycles. The standard InChI is InChI=1S/C21H35FO/c1-2-3-4-16-5-7-17(8-6-16)19-11-14-21(23-15-19)18-9-12-20(22)13-10-18/h12,16-19,21H,2-11,13-15H2,1H3. The maximum absolute atomic E-state index is 13.2. The van der Waals surface area contributed by atoms with Crippen LogP contribution in [0.1, 0.15) is 84.0 Å². The summed E-state index contributed by atoms with van der Waals surface area (Å²) in [6.07, 6.45) is 17.3. The number of unbranched alkanes of at least 4 members (excludes halogenated alkanes) is 1. The molecule has 3 unspecified atom stereocenters. The molecule has 0 N–H and O–H groups in total. The average molecular weight is 323 g/mol. The van der Waals surface area contributed by atoms with Crippen molar-refractivity contribution in [3.63, 3.8) is 0 Å². The summed E-state index contributed by atoms with van der Waals surface area (Å²) >= 11 is 0. The van der Waals surface area contributed by atoms with Crippen molar-refractivity contribution in [2.75, 3.05) is 6.61 Å². The fourth-order valence-corrected chi connectivity index (χ4v) is 5.14. The van der Waals surface area contributed by atoms with E-state index in [1.54, 1.807) is 6.08 Å². The molecular formula is C21H35FO. The molecule has 1 heterocycles. The normalized spacial score (nSPS) is 39.0. The van der Waals surface area contributed by atoms with Crippen molar-refractivity contribution < 1.29 is 9.13 Å². The van der Waals surface area contributed by atoms with Gasteiger partial charge < -0.3 is 4.74 Å². The van der Waals surface area contributed by atoms with Crippen LogP contribution >= 0.6 is 0 Å². The van der Waals surface area contributed by atoms with Crippen molar-refractivity contribution in [2.24, 2.45) is 23.7 Å². The van der Waals surface area contributed by atoms with Gasteiger partial charge in [-0.15, -0.1) is 0 Å². The van der Waals surface area contributed by atoms with Crippen molar-refractivity contribution >= 4 is 0 Å². The Morgan fingerprint density at radius 3 is 2.39 bits per heavy atom. The van der Waals surface area contributed by atoms with E-state index < -0.39 is 0 Å². The molecule has 1 nitrogen and oxygen atoms in total. The SMILES string of the molecule is CCCCC1CCC(C2CCC(C3CC=C(F)CC3)OC2)CC1. The third-order valence-corrected chi connectivity index (χ3v) is 6.79. The number of hydrogen-bond acceptors (Lipinski definition) is 1. The number of allylic oxidation sites excluding steroid dienone is 2. The third kappa shape index (κ3) is 4.81. The summed E-state index contributed by atoms with van der Waals surface area (Å²) in [4.78, 5) is 0. The van der Waals surface area contributed by atoms with Gasteiger partial charge in [0.25, 0.3) is 0 Å². The van der Waals surface area contributed by atoms with Crippen LogP contribution in [0, 0.1) is 23.7 Å². The summed E-state index contributed by atoms with van der Waals surface area (Å²) in [5.74, 6) is 3.38. The predicted molar refractivity (Wildman–Crippen MR) is 94.0 cm³/mol. The molecule has 2 heteroatoms. The molecule has 0 aromatic carbocycles. The Morgan fingerprint density at radius 2 is 1.78 bits per heavy atom. The van der Waals surface area contributed by atoms with Gasteiger partial charge in [0.2, 0.25) is 0 Å². The van der Waals surface area contributed by atoms with Crippen LogP contribution < -0.4 is 0 Å². The lowest BCUT2D eigenvalue weighted by Gasteiger charge is -2.40. The largest absolute Gasteiger partial charge is 0.378 e. The molecule has 3 rings (SSSR count). The zero-order chi connectivity index (χ0) is 16.1. The summed E-state index contributed by atoms with van der Waals surface area (Å²) in [7, 11) is 0. The van der Waals surface area contributed by atoms with Gasteiger partial charge in [-0.25, -0.2) is 4.39 Å². The number of rotatable bonds is 5. The summed E-state index contributed by atoms with van der Waals surface area (Å²) < 4.78 is 19.4. The van der Waals surface area contributed by atoms with Crippen molar-refractivity contribution in [1.82, 2.24) is 0 Å². The Bertz CT molecular complexity index is 375. The highest BCUT2D eigenvalue weighted by atomic mass is 19.1. The van der Waals surface area contributed by atoms with Gasteiger partial charge in [-0.05, 0) is 68.6 Å². The second-order valence-corrected chi connectivity index (χ2v) is 8.32. The minimum Gasteiger partial charge on any atom is -0.378 e. The second-order valence-electron chi connectivity index (χ2n) is 8.32. The molecule has 1 aliphatic heterocycles. The highest BCUT2D eigenvalue weighted by molar-refractivity contribution is 4.99. The molecule has 0 radical (unpaired) electrons. The smallest absolute Gasteiger partial charge is 0.0960 e. The third-order valence-electron chi connectivity index (χ3n) is 6.79. The zero-order valence-electron chi connectivity index (χ0n) is 14.9. The Hall–Kier alpha value is -0.370. The van der Waals surface area contributed by atoms with Crippen LogP contribution in [0.15, 0.2) is 11.9 Å². The number of halogens is 1. The van der Waals surface area contributed by atoms with Gasteiger partial charge in [0.05, 0.1) is 18.5 Å². The minimum atomic E-state index is 0.0924. The molecule has 3 aliphatic rings. The molecule has 0 amide bonds. The topological polar surface area (TPSA) is 9.23 Å². The Kier molecular flexibility index (Phi) is 6.56. The molecule has 3 atom stereocenters. The molecular weight excluding hydrogens is 287 g/mol. The number of hydrogen-bond donors (Lipinski definition) is 0. The van der Waals surface area contributed by atoms with Crippen LogP contribution in [0.5, 0.6) is 0 Å². The predicted octanol–water partition coefficient (Wildman–Crippen LogP) is 6.43. The minimum absolute atomic E-state index is 0.0924. The molecule has 23 heavy (non-hydrogen) atoms. The first-order valence-corrected chi connectivity index (χ1v) is 10.2. The lowest BCUT2D eigenvalue weighted by Crippen LogP contribution is -2.36. The van der Waals surface area contributed by atoms with Crippen molar-refractivity contribution in [3.05, 3.63) is 11.9 Å². The summed E-state index contributed by atoms with van der Waals surface area (Å²) in [6, 6.07) is 0. The number of ether oxygens (including phenoxy) is 1. The van der Waals surface area contributed by atoms with E-state index in [9.17, 15) is 4.39 Å². The van der Waals surface area contributed by atoms with Crippen molar-refractivity contribution in [2.45, 2.75) is 90.1 Å². The van der Waals surface area contributed by atoms with Gasteiger partial charge >= 0.3 is 0 Å². The zero-order valence-corrected chi connectivity index (χ0v) is 14.9. The maximum atomic E-state index is 13.2. The van der Waals surface area contributed by atoms with E-state index in [2.05, 4.69) is 6.92 Å². The van der Waals surface area contributed by atoms with Gasteiger partial charge in [0.1, 0.15) is 0 Å². The molecule has 1 saturated heterocycles. The first-order chi connectivity index (χ1) is 11.3. The lowest BCUT2D eigenvalue weighted by atomic mass is 9.72. The van der Waals surface area contributed by atoms with E-state index in [4.69, 9.17) is 4.74 Å². The van der Waals surface area contributed by atoms with Gasteiger partial charge in [-0.3, -0.25) is 0 Å². The molecule has 2 aliphatic carbocycles. The van der Waals surface area contributed by atoms with E-state index in [1.165, 1.54) is 57.8 Å². The highest BCUT2D eigenvalue weighted by Gasteiger charge is 2.34. The Balaban J connectivity index is 1.38. The molecule has 1 saturated carbocycles. The summed E-state index contributed by atoms with van der Waals surface area (Å²) in [6.45, 7) is 3.27. The van der Waals surface area contributed by atoms with Crippen LogP contribution in [0.2, 0.25) is 0 Å². The maximum Gasteiger partial charge on any atom is 0.0960 e. The van der Waals surface area contributed by atoms with Crippen LogP contribution in [0.3, 0.4) is 0 Å². The fraction of sp³-hybridized carbons (Fsp3) is 0.905. The van der Waals surface area contributed by atoms with E-state index in [0.717, 1.165) is 37.2 Å². The summed E-state index contributed by atoms with van der Waals surface area (Å²) in [5.41, 5.74) is 0. The van der Waals surface area contributed by atoms with E-state index in [0.29, 0.717) is 18.4 Å². The van der Waals surface area contributed by atoms with Gasteiger partial charge in [0.15, 0.2) is 0 Å². The van der Waals surface area contributed by atoms with Gasteiger partial charge in [-0.2, -0.15) is 0 Å². The molecule has 0 spiro atoms. The molecule has 2 fully saturated rings. The van der Waals surface area contributed by atoms with Crippen molar-refractivity contribution in [3.8, 4) is 0 Å². The average Bonchev–Trinajstić information content (AvgIpc) is 2.61. The lowest BCUT2D eigenvalue weighted by molar-refractivity contribution is -0.0672. The highest BCUT2D eigenvalue weighted by Crippen LogP contribution is 2.41. The van der Waals surface area contributed by atoms with E-state index >= 15 is 0 Å². The van der Waals surface area contributed by atoms with Crippen molar-refractivity contribution in [1.29, 1.82) is 0 Å². The second kappa shape index (κ2) is 8.65. The van der Waals surface area contributed by atoms with Crippen LogP contribution in [-0.2, 0) is 4.74 Å².